The third kappa shape index (κ3) is 2.45. The highest BCUT2D eigenvalue weighted by molar-refractivity contribution is 9.10. The van der Waals surface area contributed by atoms with Crippen molar-refractivity contribution in [3.8, 4) is 22.5 Å². The Morgan fingerprint density at radius 2 is 1.95 bits per heavy atom. The van der Waals surface area contributed by atoms with E-state index in [2.05, 4.69) is 21.1 Å². The van der Waals surface area contributed by atoms with Gasteiger partial charge in [0, 0.05) is 5.56 Å². The van der Waals surface area contributed by atoms with Crippen molar-refractivity contribution in [3.05, 3.63) is 58.3 Å². The monoisotopic (exact) mass is 346 g/mol. The van der Waals surface area contributed by atoms with Crippen molar-refractivity contribution in [1.82, 2.24) is 5.16 Å². The molecule has 0 fully saturated rings. The number of hydrogen-bond donors (Lipinski definition) is 1. The fourth-order valence-electron chi connectivity index (χ4n) is 2.25. The first-order valence-electron chi connectivity index (χ1n) is 6.34. The molecule has 1 aromatic heterocycles. The number of anilines is 1. The lowest BCUT2D eigenvalue weighted by Crippen LogP contribution is -1.91. The summed E-state index contributed by atoms with van der Waals surface area (Å²) in [5, 5.41) is 3.83. The highest BCUT2D eigenvalue weighted by Crippen LogP contribution is 2.38. The maximum Gasteiger partial charge on any atom is 0.177 e. The number of nitrogen functional groups attached to an aromatic ring is 1. The van der Waals surface area contributed by atoms with Crippen molar-refractivity contribution in [2.24, 2.45) is 0 Å². The van der Waals surface area contributed by atoms with Gasteiger partial charge in [0.1, 0.15) is 5.82 Å². The van der Waals surface area contributed by atoms with Crippen LogP contribution in [0.2, 0.25) is 0 Å². The normalized spacial score (nSPS) is 10.8. The van der Waals surface area contributed by atoms with Crippen LogP contribution in [-0.4, -0.2) is 5.16 Å². The molecule has 3 aromatic rings. The fraction of sp³-hybridized carbons (Fsp3) is 0.0625. The van der Waals surface area contributed by atoms with E-state index in [0.717, 1.165) is 11.1 Å². The molecule has 0 aliphatic rings. The van der Waals surface area contributed by atoms with Gasteiger partial charge in [0.05, 0.1) is 10.0 Å². The molecule has 2 aromatic carbocycles. The van der Waals surface area contributed by atoms with E-state index in [1.165, 1.54) is 6.07 Å². The van der Waals surface area contributed by atoms with E-state index in [1.54, 1.807) is 12.1 Å². The van der Waals surface area contributed by atoms with Gasteiger partial charge < -0.3 is 10.3 Å². The number of aromatic nitrogens is 1. The first kappa shape index (κ1) is 13.8. The van der Waals surface area contributed by atoms with Gasteiger partial charge in [-0.15, -0.1) is 0 Å². The van der Waals surface area contributed by atoms with Gasteiger partial charge >= 0.3 is 0 Å². The lowest BCUT2D eigenvalue weighted by molar-refractivity contribution is 0.435. The molecule has 5 heteroatoms. The Morgan fingerprint density at radius 3 is 2.67 bits per heavy atom. The van der Waals surface area contributed by atoms with Crippen LogP contribution < -0.4 is 5.73 Å². The molecule has 1 heterocycles. The van der Waals surface area contributed by atoms with E-state index in [9.17, 15) is 4.39 Å². The van der Waals surface area contributed by atoms with E-state index in [1.807, 2.05) is 31.2 Å². The Labute approximate surface area is 129 Å². The largest absolute Gasteiger partial charge is 0.380 e. The van der Waals surface area contributed by atoms with Crippen LogP contribution in [0.25, 0.3) is 22.5 Å². The average Bonchev–Trinajstić information content (AvgIpc) is 2.84. The lowest BCUT2D eigenvalue weighted by Gasteiger charge is -2.06. The van der Waals surface area contributed by atoms with Crippen LogP contribution in [0.15, 0.2) is 51.5 Å². The molecule has 0 saturated carbocycles. The molecule has 0 amide bonds. The highest BCUT2D eigenvalue weighted by atomic mass is 79.9. The number of hydrogen-bond acceptors (Lipinski definition) is 3. The second-order valence-corrected chi connectivity index (χ2v) is 5.57. The van der Waals surface area contributed by atoms with Crippen molar-refractivity contribution in [2.45, 2.75) is 6.92 Å². The molecule has 3 nitrogen and oxygen atoms in total. The van der Waals surface area contributed by atoms with Gasteiger partial charge in [-0.3, -0.25) is 0 Å². The van der Waals surface area contributed by atoms with Crippen LogP contribution >= 0.6 is 15.9 Å². The Kier molecular flexibility index (Phi) is 3.51. The summed E-state index contributed by atoms with van der Waals surface area (Å²) in [5.74, 6) is 0.397. The van der Waals surface area contributed by atoms with Gasteiger partial charge in [0.15, 0.2) is 11.6 Å². The Hall–Kier alpha value is -2.14. The minimum Gasteiger partial charge on any atom is -0.380 e. The molecular formula is C16H12BrFN2O. The van der Waals surface area contributed by atoms with Crippen molar-refractivity contribution in [3.63, 3.8) is 0 Å². The summed E-state index contributed by atoms with van der Waals surface area (Å²) in [5.41, 5.74) is 9.20. The van der Waals surface area contributed by atoms with E-state index in [0.29, 0.717) is 27.2 Å². The number of nitrogens with zero attached hydrogens (tertiary/aromatic N) is 1. The number of benzene rings is 2. The molecule has 0 aliphatic heterocycles. The fourth-order valence-corrected chi connectivity index (χ4v) is 2.50. The summed E-state index contributed by atoms with van der Waals surface area (Å²) in [4.78, 5) is 0. The van der Waals surface area contributed by atoms with Gasteiger partial charge in [-0.05, 0) is 52.2 Å². The summed E-state index contributed by atoms with van der Waals surface area (Å²) in [6.45, 7) is 1.98. The lowest BCUT2D eigenvalue weighted by atomic mass is 9.98. The molecule has 0 unspecified atom stereocenters. The Morgan fingerprint density at radius 1 is 1.19 bits per heavy atom. The number of aryl methyl sites for hydroxylation is 1. The summed E-state index contributed by atoms with van der Waals surface area (Å²) in [6.07, 6.45) is 0. The summed E-state index contributed by atoms with van der Waals surface area (Å²) in [7, 11) is 0. The Bertz CT molecular complexity index is 814. The average molecular weight is 347 g/mol. The smallest absolute Gasteiger partial charge is 0.177 e. The van der Waals surface area contributed by atoms with Crippen LogP contribution in [0.5, 0.6) is 0 Å². The number of halogens is 2. The van der Waals surface area contributed by atoms with Gasteiger partial charge in [0.2, 0.25) is 0 Å². The third-order valence-electron chi connectivity index (χ3n) is 3.31. The number of rotatable bonds is 2. The van der Waals surface area contributed by atoms with E-state index in [-0.39, 0.29) is 5.82 Å². The second-order valence-electron chi connectivity index (χ2n) is 4.72. The van der Waals surface area contributed by atoms with Gasteiger partial charge in [-0.1, -0.05) is 29.4 Å². The van der Waals surface area contributed by atoms with Gasteiger partial charge in [-0.2, -0.15) is 0 Å². The summed E-state index contributed by atoms with van der Waals surface area (Å²) in [6, 6.07) is 12.6. The predicted molar refractivity (Wildman–Crippen MR) is 84.2 cm³/mol. The predicted octanol–water partition coefficient (Wildman–Crippen LogP) is 4.80. The second kappa shape index (κ2) is 5.33. The van der Waals surface area contributed by atoms with E-state index < -0.39 is 0 Å². The first-order valence-corrected chi connectivity index (χ1v) is 7.14. The van der Waals surface area contributed by atoms with Crippen molar-refractivity contribution in [2.75, 3.05) is 5.73 Å². The topological polar surface area (TPSA) is 52.0 Å². The molecule has 21 heavy (non-hydrogen) atoms. The molecule has 2 N–H and O–H groups in total. The molecule has 0 radical (unpaired) electrons. The van der Waals surface area contributed by atoms with Crippen molar-refractivity contribution in [1.29, 1.82) is 0 Å². The zero-order valence-electron chi connectivity index (χ0n) is 11.2. The summed E-state index contributed by atoms with van der Waals surface area (Å²) >= 11 is 3.14. The van der Waals surface area contributed by atoms with Gasteiger partial charge in [0.25, 0.3) is 0 Å². The minimum atomic E-state index is -0.363. The van der Waals surface area contributed by atoms with Crippen LogP contribution in [-0.2, 0) is 0 Å². The van der Waals surface area contributed by atoms with Crippen molar-refractivity contribution >= 4 is 21.7 Å². The zero-order chi connectivity index (χ0) is 15.0. The maximum absolute atomic E-state index is 13.7. The molecule has 0 bridgehead atoms. The van der Waals surface area contributed by atoms with Crippen LogP contribution in [0, 0.1) is 12.7 Å². The highest BCUT2D eigenvalue weighted by Gasteiger charge is 2.19. The van der Waals surface area contributed by atoms with E-state index >= 15 is 0 Å². The standard InChI is InChI=1S/C16H12BrFN2O/c1-9-4-2-3-5-11(9)14-15(21-20-16(14)19)10-6-7-12(17)13(18)8-10/h2-8H,1H3,(H2,19,20). The maximum atomic E-state index is 13.7. The molecule has 0 aliphatic carbocycles. The molecule has 106 valence electrons. The zero-order valence-corrected chi connectivity index (χ0v) is 12.8. The van der Waals surface area contributed by atoms with Crippen molar-refractivity contribution < 1.29 is 8.91 Å². The number of nitrogens with two attached hydrogens (primary N) is 1. The molecule has 3 rings (SSSR count). The minimum absolute atomic E-state index is 0.294. The third-order valence-corrected chi connectivity index (χ3v) is 3.96. The summed E-state index contributed by atoms with van der Waals surface area (Å²) < 4.78 is 19.5. The molecular weight excluding hydrogens is 335 g/mol. The molecule has 0 atom stereocenters. The Balaban J connectivity index is 2.22. The molecule has 0 spiro atoms. The SMILES string of the molecule is Cc1ccccc1-c1c(N)noc1-c1ccc(Br)c(F)c1. The van der Waals surface area contributed by atoms with Gasteiger partial charge in [-0.25, -0.2) is 4.39 Å². The quantitative estimate of drug-likeness (QED) is 0.724. The van der Waals surface area contributed by atoms with Crippen LogP contribution in [0.4, 0.5) is 10.2 Å². The van der Waals surface area contributed by atoms with Crippen LogP contribution in [0.3, 0.4) is 0 Å². The first-order chi connectivity index (χ1) is 10.1. The van der Waals surface area contributed by atoms with E-state index in [4.69, 9.17) is 10.3 Å². The molecule has 0 saturated heterocycles. The van der Waals surface area contributed by atoms with Crippen LogP contribution in [0.1, 0.15) is 5.56 Å².